The number of carbonyl (C=O) groups is 5. The molecule has 0 radical (unpaired) electrons. The first-order valence-corrected chi connectivity index (χ1v) is 17.0. The van der Waals surface area contributed by atoms with Crippen molar-refractivity contribution in [2.75, 3.05) is 12.0 Å². The van der Waals surface area contributed by atoms with E-state index in [2.05, 4.69) is 21.4 Å². The van der Waals surface area contributed by atoms with Crippen LogP contribution in [-0.2, 0) is 29.4 Å². The lowest BCUT2D eigenvalue weighted by molar-refractivity contribution is -0.142. The van der Waals surface area contributed by atoms with E-state index in [-0.39, 0.29) is 43.9 Å². The number of aromatic hydroxyl groups is 1. The van der Waals surface area contributed by atoms with Crippen LogP contribution in [0.25, 0.3) is 0 Å². The molecule has 4 aliphatic rings. The number of phenolic OH excluding ortho intramolecular Hbond substituents is 1. The number of hydrogen-bond acceptors (Lipinski definition) is 7. The van der Waals surface area contributed by atoms with Crippen LogP contribution >= 0.6 is 27.5 Å². The van der Waals surface area contributed by atoms with Gasteiger partial charge in [-0.15, -0.1) is 0 Å². The smallest absolute Gasteiger partial charge is 0.303 e. The molecule has 2 aliphatic carbocycles. The number of imide groups is 2. The Kier molecular flexibility index (Phi) is 8.35. The Balaban J connectivity index is 1.41. The van der Waals surface area contributed by atoms with Crippen LogP contribution in [-0.4, -0.2) is 56.3 Å². The van der Waals surface area contributed by atoms with E-state index < -0.39 is 64.5 Å². The third-order valence-corrected chi connectivity index (χ3v) is 11.2. The molecule has 0 bridgehead atoms. The molecule has 0 aromatic heterocycles. The third-order valence-electron chi connectivity index (χ3n) is 10.4. The Bertz CT molecular complexity index is 1940. The first-order chi connectivity index (χ1) is 23.4. The lowest BCUT2D eigenvalue weighted by Crippen LogP contribution is -2.53. The van der Waals surface area contributed by atoms with Crippen LogP contribution < -0.4 is 5.43 Å². The number of hydrogen-bond donors (Lipinski definition) is 3. The Hall–Kier alpha value is -4.55. The lowest BCUT2D eigenvalue weighted by atomic mass is 9.49. The molecular weight excluding hydrogens is 721 g/mol. The number of allylic oxidation sites excluding steroid dienone is 2. The van der Waals surface area contributed by atoms with Gasteiger partial charge < -0.3 is 10.2 Å². The van der Waals surface area contributed by atoms with E-state index in [0.717, 1.165) is 9.91 Å². The van der Waals surface area contributed by atoms with Crippen LogP contribution in [0, 0.1) is 29.5 Å². The summed E-state index contributed by atoms with van der Waals surface area (Å²) in [5, 5.41) is 21.9. The Morgan fingerprint density at radius 2 is 1.69 bits per heavy atom. The van der Waals surface area contributed by atoms with Crippen molar-refractivity contribution in [2.24, 2.45) is 23.7 Å². The Morgan fingerprint density at radius 3 is 2.39 bits per heavy atom. The molecule has 252 valence electrons. The zero-order valence-electron chi connectivity index (χ0n) is 25.8. The summed E-state index contributed by atoms with van der Waals surface area (Å²) in [6.07, 6.45) is 1.98. The quantitative estimate of drug-likeness (QED) is 0.194. The van der Waals surface area contributed by atoms with E-state index in [1.54, 1.807) is 36.4 Å². The second-order valence-electron chi connectivity index (χ2n) is 12.9. The number of phenols is 1. The maximum absolute atomic E-state index is 15.1. The normalized spacial score (nSPS) is 27.5. The monoisotopic (exact) mass is 749 g/mol. The first kappa shape index (κ1) is 33.0. The molecule has 10 nitrogen and oxygen atoms in total. The van der Waals surface area contributed by atoms with E-state index >= 15 is 4.79 Å². The fraction of sp³-hybridized carbons (Fsp3) is 0.306. The van der Waals surface area contributed by atoms with Gasteiger partial charge in [-0.3, -0.25) is 34.3 Å². The summed E-state index contributed by atoms with van der Waals surface area (Å²) in [6.45, 7) is -0.0419. The van der Waals surface area contributed by atoms with Gasteiger partial charge in [0.25, 0.3) is 11.8 Å². The first-order valence-electron chi connectivity index (χ1n) is 15.9. The van der Waals surface area contributed by atoms with Crippen LogP contribution in [0.3, 0.4) is 0 Å². The van der Waals surface area contributed by atoms with Gasteiger partial charge in [-0.25, -0.2) is 4.39 Å². The van der Waals surface area contributed by atoms with Crippen molar-refractivity contribution < 1.29 is 38.6 Å². The van der Waals surface area contributed by atoms with Gasteiger partial charge in [-0.1, -0.05) is 51.3 Å². The van der Waals surface area contributed by atoms with Crippen LogP contribution in [0.4, 0.5) is 10.1 Å². The van der Waals surface area contributed by atoms with Crippen LogP contribution in [0.1, 0.15) is 42.7 Å². The van der Waals surface area contributed by atoms with E-state index in [1.807, 2.05) is 6.08 Å². The molecule has 3 fully saturated rings. The van der Waals surface area contributed by atoms with E-state index in [0.29, 0.717) is 31.9 Å². The molecule has 4 amide bonds. The van der Waals surface area contributed by atoms with Crippen molar-refractivity contribution in [2.45, 2.75) is 37.0 Å². The highest BCUT2D eigenvalue weighted by Gasteiger charge is 2.70. The maximum Gasteiger partial charge on any atom is 0.303 e. The number of benzene rings is 3. The predicted molar refractivity (Wildman–Crippen MR) is 178 cm³/mol. The van der Waals surface area contributed by atoms with Crippen molar-refractivity contribution in [1.29, 1.82) is 0 Å². The average molecular weight is 751 g/mol. The number of amides is 4. The molecule has 0 spiro atoms. The molecule has 1 saturated carbocycles. The number of nitrogens with zero attached hydrogens (tertiary/aromatic N) is 2. The molecule has 6 atom stereocenters. The minimum Gasteiger partial charge on any atom is -0.508 e. The lowest BCUT2D eigenvalue weighted by Gasteiger charge is -2.50. The molecule has 2 aliphatic heterocycles. The second-order valence-corrected chi connectivity index (χ2v) is 14.3. The van der Waals surface area contributed by atoms with Gasteiger partial charge >= 0.3 is 5.97 Å². The number of carbonyl (C=O) groups excluding carboxylic acids is 4. The van der Waals surface area contributed by atoms with Gasteiger partial charge in [0, 0.05) is 33.9 Å². The molecule has 3 N–H and O–H groups in total. The molecule has 3 aromatic rings. The highest BCUT2D eigenvalue weighted by Crippen LogP contribution is 2.65. The summed E-state index contributed by atoms with van der Waals surface area (Å²) in [5.41, 5.74) is 3.02. The van der Waals surface area contributed by atoms with Gasteiger partial charge in [0.2, 0.25) is 11.8 Å². The summed E-state index contributed by atoms with van der Waals surface area (Å²) in [6, 6.07) is 16.6. The highest BCUT2D eigenvalue weighted by atomic mass is 79.9. The topological polar surface area (TPSA) is 144 Å². The summed E-state index contributed by atoms with van der Waals surface area (Å²) < 4.78 is 14.4. The van der Waals surface area contributed by atoms with Crippen LogP contribution in [0.2, 0.25) is 5.02 Å². The standard InChI is InChI=1S/C36H30BrClFN3O7/c37-19-5-14-28(43)26(16-19)31-23-12-13-24-30(34(48)41(32(24)46)15-1-2-29(44)45)25(23)17-27-33(47)42(40-22-10-8-21(39)9-11-22)35(49)36(27,31)18-3-6-20(38)7-4-18/h3-12,14,16,24-25,27,30-31,40,43H,1-2,13,15,17H2,(H,44,45). The number of rotatable bonds is 8. The molecule has 6 unspecified atom stereocenters. The summed E-state index contributed by atoms with van der Waals surface area (Å²) >= 11 is 9.80. The number of likely N-dealkylation sites (tertiary alicyclic amines) is 1. The van der Waals surface area contributed by atoms with Crippen LogP contribution in [0.15, 0.2) is 82.9 Å². The summed E-state index contributed by atoms with van der Waals surface area (Å²) in [5.74, 6) is -7.93. The SMILES string of the molecule is O=C(O)CCCN1C(=O)C2CC=C3C(CC4C(=O)N(Nc5ccc(F)cc5)C(=O)C4(c4ccc(Cl)cc4)C3c3cc(Br)ccc3O)C2C1=O. The second kappa shape index (κ2) is 12.4. The van der Waals surface area contributed by atoms with Crippen LogP contribution in [0.5, 0.6) is 5.75 Å². The molecule has 2 heterocycles. The average Bonchev–Trinajstić information content (AvgIpc) is 3.44. The Morgan fingerprint density at radius 1 is 0.980 bits per heavy atom. The number of anilines is 1. The number of fused-ring (bicyclic) bond motifs is 4. The number of aliphatic carboxylic acids is 1. The number of carboxylic acid groups (broad SMARTS) is 1. The van der Waals surface area contributed by atoms with Gasteiger partial charge in [-0.05, 0) is 85.3 Å². The molecule has 7 rings (SSSR count). The zero-order chi connectivity index (χ0) is 34.8. The van der Waals surface area contributed by atoms with Crippen molar-refractivity contribution in [3.05, 3.63) is 105 Å². The van der Waals surface area contributed by atoms with Crippen molar-refractivity contribution >= 4 is 62.8 Å². The van der Waals surface area contributed by atoms with Gasteiger partial charge in [0.05, 0.1) is 28.9 Å². The fourth-order valence-electron chi connectivity index (χ4n) is 8.43. The van der Waals surface area contributed by atoms with E-state index in [9.17, 15) is 28.7 Å². The summed E-state index contributed by atoms with van der Waals surface area (Å²) in [4.78, 5) is 69.7. The minimum absolute atomic E-state index is 0.0368. The third kappa shape index (κ3) is 5.23. The van der Waals surface area contributed by atoms with Gasteiger partial charge in [0.15, 0.2) is 0 Å². The summed E-state index contributed by atoms with van der Waals surface area (Å²) in [7, 11) is 0. The Labute approximate surface area is 293 Å². The van der Waals surface area contributed by atoms with Gasteiger partial charge in [0.1, 0.15) is 11.6 Å². The molecular formula is C36H30BrClFN3O7. The van der Waals surface area contributed by atoms with E-state index in [4.69, 9.17) is 16.7 Å². The fourth-order valence-corrected chi connectivity index (χ4v) is 8.94. The van der Waals surface area contributed by atoms with Crippen molar-refractivity contribution in [3.63, 3.8) is 0 Å². The number of nitrogens with one attached hydrogen (secondary N) is 1. The number of halogens is 3. The maximum atomic E-state index is 15.1. The molecule has 13 heteroatoms. The zero-order valence-corrected chi connectivity index (χ0v) is 28.2. The van der Waals surface area contributed by atoms with Crippen molar-refractivity contribution in [1.82, 2.24) is 9.91 Å². The minimum atomic E-state index is -1.63. The number of carboxylic acids is 1. The van der Waals surface area contributed by atoms with E-state index in [1.165, 1.54) is 30.3 Å². The van der Waals surface area contributed by atoms with Crippen molar-refractivity contribution in [3.8, 4) is 5.75 Å². The number of hydrazine groups is 1. The predicted octanol–water partition coefficient (Wildman–Crippen LogP) is 5.80. The molecule has 49 heavy (non-hydrogen) atoms. The van der Waals surface area contributed by atoms with Gasteiger partial charge in [-0.2, -0.15) is 5.01 Å². The highest BCUT2D eigenvalue weighted by molar-refractivity contribution is 9.10. The molecule has 2 saturated heterocycles. The molecule has 3 aromatic carbocycles. The largest absolute Gasteiger partial charge is 0.508 e.